The molecule has 0 aromatic rings. The monoisotopic (exact) mass is 402 g/mol. The second kappa shape index (κ2) is 15.7. The Balaban J connectivity index is 0. The first-order valence-electron chi connectivity index (χ1n) is 9.69. The number of carbonyl (C=O) groups excluding carboxylic acids is 4. The molecule has 1 fully saturated rings. The van der Waals surface area contributed by atoms with Gasteiger partial charge in [0.25, 0.3) is 0 Å². The Morgan fingerprint density at radius 3 is 2.36 bits per heavy atom. The largest absolute Gasteiger partial charge is 0.444 e. The minimum absolute atomic E-state index is 0.0529. The summed E-state index contributed by atoms with van der Waals surface area (Å²) in [6, 6.07) is -0.123. The number of nitrogens with two attached hydrogens (primary N) is 1. The first-order chi connectivity index (χ1) is 13.0. The molecule has 1 unspecified atom stereocenters. The molecule has 1 rings (SSSR count). The van der Waals surface area contributed by atoms with E-state index >= 15 is 0 Å². The van der Waals surface area contributed by atoms with E-state index in [2.05, 4.69) is 35.5 Å². The molecule has 5 N–H and O–H groups in total. The zero-order chi connectivity index (χ0) is 22.2. The van der Waals surface area contributed by atoms with Crippen LogP contribution >= 0.6 is 0 Å². The van der Waals surface area contributed by atoms with Crippen LogP contribution in [0.4, 0.5) is 4.79 Å². The van der Waals surface area contributed by atoms with E-state index in [4.69, 9.17) is 9.53 Å². The lowest BCUT2D eigenvalue weighted by Crippen LogP contribution is -2.44. The smallest absolute Gasteiger partial charge is 0.408 e. The number of primary amides is 1. The van der Waals surface area contributed by atoms with Crippen LogP contribution in [-0.2, 0) is 19.1 Å². The Morgan fingerprint density at radius 1 is 1.36 bits per heavy atom. The molecule has 1 saturated heterocycles. The van der Waals surface area contributed by atoms with Gasteiger partial charge in [-0.05, 0) is 47.0 Å². The maximum absolute atomic E-state index is 11.8. The van der Waals surface area contributed by atoms with E-state index in [0.717, 1.165) is 19.4 Å². The molecule has 4 amide bonds. The molecule has 164 valence electrons. The van der Waals surface area contributed by atoms with Crippen molar-refractivity contribution in [3.63, 3.8) is 0 Å². The molecule has 1 aliphatic rings. The van der Waals surface area contributed by atoms with E-state index in [0.29, 0.717) is 6.42 Å². The zero-order valence-corrected chi connectivity index (χ0v) is 18.1. The first-order valence-corrected chi connectivity index (χ1v) is 9.69. The van der Waals surface area contributed by atoms with Crippen LogP contribution < -0.4 is 21.7 Å². The van der Waals surface area contributed by atoms with Gasteiger partial charge in [-0.3, -0.25) is 14.4 Å². The fourth-order valence-electron chi connectivity index (χ4n) is 2.34. The molecule has 0 aromatic heterocycles. The lowest BCUT2D eigenvalue weighted by molar-refractivity contribution is -0.127. The Labute approximate surface area is 168 Å². The highest BCUT2D eigenvalue weighted by Gasteiger charge is 2.24. The average molecular weight is 403 g/mol. The molecule has 0 spiro atoms. The predicted molar refractivity (Wildman–Crippen MR) is 108 cm³/mol. The summed E-state index contributed by atoms with van der Waals surface area (Å²) < 4.78 is 5.05. The standard InChI is InChI=1S/C15H27N3O4.C3H8.CH3NO/c1-10(8-11-6-5-7-16-13(11)20)18-12(19)9-17-14(21)22-15(2,3)4;1-3-2;2-1-3/h10-11H,5-9H2,1-4H3,(H,16,20)(H,17,21)(H,18,19);3H2,1-2H3;1H,(H2,2,3)/t10?,11-;;/m0../s1. The maximum atomic E-state index is 11.8. The zero-order valence-electron chi connectivity index (χ0n) is 18.1. The van der Waals surface area contributed by atoms with E-state index in [1.54, 1.807) is 20.8 Å². The Kier molecular flexibility index (Phi) is 15.7. The van der Waals surface area contributed by atoms with Crippen molar-refractivity contribution >= 4 is 24.3 Å². The highest BCUT2D eigenvalue weighted by atomic mass is 16.6. The summed E-state index contributed by atoms with van der Waals surface area (Å²) in [5.41, 5.74) is 3.57. The van der Waals surface area contributed by atoms with Gasteiger partial charge in [0.05, 0.1) is 0 Å². The molecule has 0 aliphatic carbocycles. The number of carbonyl (C=O) groups is 4. The van der Waals surface area contributed by atoms with Crippen molar-refractivity contribution in [2.45, 2.75) is 78.9 Å². The van der Waals surface area contributed by atoms with Gasteiger partial charge >= 0.3 is 6.09 Å². The normalized spacial score (nSPS) is 16.6. The molecular formula is C19H38N4O5. The molecule has 0 saturated carbocycles. The van der Waals surface area contributed by atoms with Crippen molar-refractivity contribution < 1.29 is 23.9 Å². The van der Waals surface area contributed by atoms with E-state index in [1.165, 1.54) is 6.42 Å². The minimum Gasteiger partial charge on any atom is -0.444 e. The second-order valence-electron chi connectivity index (χ2n) is 7.53. The quantitative estimate of drug-likeness (QED) is 0.515. The second-order valence-corrected chi connectivity index (χ2v) is 7.53. The Bertz CT molecular complexity index is 477. The van der Waals surface area contributed by atoms with Gasteiger partial charge in [0.1, 0.15) is 12.1 Å². The van der Waals surface area contributed by atoms with E-state index < -0.39 is 11.7 Å². The van der Waals surface area contributed by atoms with E-state index in [9.17, 15) is 14.4 Å². The lowest BCUT2D eigenvalue weighted by atomic mass is 9.92. The van der Waals surface area contributed by atoms with Gasteiger partial charge in [0, 0.05) is 18.5 Å². The van der Waals surface area contributed by atoms with Crippen molar-refractivity contribution in [1.29, 1.82) is 0 Å². The molecule has 0 aromatic carbocycles. The molecule has 0 radical (unpaired) electrons. The predicted octanol–water partition coefficient (Wildman–Crippen LogP) is 1.45. The number of ether oxygens (including phenoxy) is 1. The van der Waals surface area contributed by atoms with Crippen LogP contribution in [-0.4, -0.2) is 49.1 Å². The summed E-state index contributed by atoms with van der Waals surface area (Å²) in [4.78, 5) is 43.5. The third-order valence-electron chi connectivity index (χ3n) is 3.24. The van der Waals surface area contributed by atoms with Gasteiger partial charge in [0.15, 0.2) is 0 Å². The summed E-state index contributed by atoms with van der Waals surface area (Å²) in [6.07, 6.45) is 3.30. The van der Waals surface area contributed by atoms with Crippen molar-refractivity contribution in [3.05, 3.63) is 0 Å². The van der Waals surface area contributed by atoms with Crippen LogP contribution in [0, 0.1) is 5.92 Å². The Morgan fingerprint density at radius 2 is 1.89 bits per heavy atom. The number of hydrogen-bond acceptors (Lipinski definition) is 5. The fourth-order valence-corrected chi connectivity index (χ4v) is 2.34. The number of piperidine rings is 1. The van der Waals surface area contributed by atoms with Gasteiger partial charge < -0.3 is 26.4 Å². The minimum atomic E-state index is -0.623. The summed E-state index contributed by atoms with van der Waals surface area (Å²) >= 11 is 0. The summed E-state index contributed by atoms with van der Waals surface area (Å²) in [6.45, 7) is 12.0. The van der Waals surface area contributed by atoms with Crippen LogP contribution in [0.1, 0.15) is 67.2 Å². The average Bonchev–Trinajstić information content (AvgIpc) is 2.55. The summed E-state index contributed by atoms with van der Waals surface area (Å²) in [7, 11) is 0. The molecule has 1 aliphatic heterocycles. The number of hydrogen-bond donors (Lipinski definition) is 4. The van der Waals surface area contributed by atoms with Crippen LogP contribution in [0.2, 0.25) is 0 Å². The highest BCUT2D eigenvalue weighted by Crippen LogP contribution is 2.17. The molecule has 0 bridgehead atoms. The van der Waals surface area contributed by atoms with Crippen LogP contribution in [0.3, 0.4) is 0 Å². The van der Waals surface area contributed by atoms with Gasteiger partial charge in [-0.1, -0.05) is 20.3 Å². The van der Waals surface area contributed by atoms with Crippen molar-refractivity contribution in [2.75, 3.05) is 13.1 Å². The van der Waals surface area contributed by atoms with Crippen LogP contribution in [0.5, 0.6) is 0 Å². The number of nitrogens with one attached hydrogen (secondary N) is 3. The van der Waals surface area contributed by atoms with E-state index in [1.807, 2.05) is 6.92 Å². The SMILES string of the molecule is CC(C[C@@H]1CCCNC1=O)NC(=O)CNC(=O)OC(C)(C)C.CCC.NC=O. The topological polar surface area (TPSA) is 140 Å². The number of amides is 4. The van der Waals surface area contributed by atoms with Gasteiger partial charge in [-0.25, -0.2) is 4.79 Å². The number of alkyl carbamates (subject to hydrolysis) is 1. The Hall–Kier alpha value is -2.32. The first kappa shape index (κ1) is 27.9. The fraction of sp³-hybridized carbons (Fsp3) is 0.789. The molecule has 2 atom stereocenters. The van der Waals surface area contributed by atoms with Crippen molar-refractivity contribution in [2.24, 2.45) is 11.7 Å². The van der Waals surface area contributed by atoms with Crippen LogP contribution in [0.25, 0.3) is 0 Å². The third kappa shape index (κ3) is 17.1. The van der Waals surface area contributed by atoms with Crippen molar-refractivity contribution in [1.82, 2.24) is 16.0 Å². The highest BCUT2D eigenvalue weighted by molar-refractivity contribution is 5.82. The molecule has 1 heterocycles. The molecule has 9 heteroatoms. The summed E-state index contributed by atoms with van der Waals surface area (Å²) in [5.74, 6) is -0.295. The maximum Gasteiger partial charge on any atom is 0.408 e. The van der Waals surface area contributed by atoms with Gasteiger partial charge in [-0.15, -0.1) is 0 Å². The molecule has 9 nitrogen and oxygen atoms in total. The third-order valence-corrected chi connectivity index (χ3v) is 3.24. The van der Waals surface area contributed by atoms with Crippen LogP contribution in [0.15, 0.2) is 0 Å². The molecular weight excluding hydrogens is 364 g/mol. The molecule has 28 heavy (non-hydrogen) atoms. The van der Waals surface area contributed by atoms with E-state index in [-0.39, 0.29) is 36.7 Å². The lowest BCUT2D eigenvalue weighted by Gasteiger charge is -2.25. The van der Waals surface area contributed by atoms with Gasteiger partial charge in [-0.2, -0.15) is 0 Å². The van der Waals surface area contributed by atoms with Gasteiger partial charge in [0.2, 0.25) is 18.2 Å². The number of rotatable bonds is 5. The summed E-state index contributed by atoms with van der Waals surface area (Å²) in [5, 5.41) is 8.01. The van der Waals surface area contributed by atoms with Crippen molar-refractivity contribution in [3.8, 4) is 0 Å².